The highest BCUT2D eigenvalue weighted by Gasteiger charge is 2.18. The minimum absolute atomic E-state index is 0.0643. The molecule has 0 amide bonds. The molecule has 0 spiro atoms. The number of nitro groups is 1. The SMILES string of the molecule is CCC(O)c1cn(Cc2c(Cl)cccc2[N+](=O)[O-])nn1. The van der Waals surface area contributed by atoms with Gasteiger partial charge in [-0.25, -0.2) is 4.68 Å². The van der Waals surface area contributed by atoms with Gasteiger partial charge in [0.05, 0.1) is 34.4 Å². The summed E-state index contributed by atoms with van der Waals surface area (Å²) in [6.45, 7) is 1.95. The molecule has 7 nitrogen and oxygen atoms in total. The van der Waals surface area contributed by atoms with E-state index in [4.69, 9.17) is 11.6 Å². The van der Waals surface area contributed by atoms with Crippen LogP contribution in [0, 0.1) is 10.1 Å². The van der Waals surface area contributed by atoms with Crippen molar-refractivity contribution in [1.29, 1.82) is 0 Å². The molecule has 0 aliphatic heterocycles. The molecule has 0 saturated carbocycles. The Hall–Kier alpha value is -1.99. The lowest BCUT2D eigenvalue weighted by atomic mass is 10.2. The van der Waals surface area contributed by atoms with Crippen LogP contribution >= 0.6 is 11.6 Å². The third kappa shape index (κ3) is 2.94. The third-order valence-electron chi connectivity index (χ3n) is 2.90. The smallest absolute Gasteiger partial charge is 0.275 e. The van der Waals surface area contributed by atoms with Crippen LogP contribution in [0.25, 0.3) is 0 Å². The number of hydrogen-bond donors (Lipinski definition) is 1. The van der Waals surface area contributed by atoms with Gasteiger partial charge in [0, 0.05) is 6.07 Å². The van der Waals surface area contributed by atoms with Crippen LogP contribution in [0.4, 0.5) is 5.69 Å². The summed E-state index contributed by atoms with van der Waals surface area (Å²) in [4.78, 5) is 10.5. The van der Waals surface area contributed by atoms with Gasteiger partial charge in [-0.1, -0.05) is 29.8 Å². The number of aromatic nitrogens is 3. The predicted molar refractivity (Wildman–Crippen MR) is 72.5 cm³/mol. The number of hydrogen-bond acceptors (Lipinski definition) is 5. The van der Waals surface area contributed by atoms with Gasteiger partial charge >= 0.3 is 0 Å². The topological polar surface area (TPSA) is 94.1 Å². The lowest BCUT2D eigenvalue weighted by Crippen LogP contribution is -2.04. The van der Waals surface area contributed by atoms with Gasteiger partial charge in [-0.2, -0.15) is 0 Å². The number of aliphatic hydroxyl groups is 1. The quantitative estimate of drug-likeness (QED) is 0.675. The molecule has 0 bridgehead atoms. The summed E-state index contributed by atoms with van der Waals surface area (Å²) in [7, 11) is 0. The first-order chi connectivity index (χ1) is 9.52. The fourth-order valence-electron chi connectivity index (χ4n) is 1.79. The maximum atomic E-state index is 11.0. The van der Waals surface area contributed by atoms with Gasteiger partial charge in [0.1, 0.15) is 5.69 Å². The van der Waals surface area contributed by atoms with E-state index in [2.05, 4.69) is 10.3 Å². The maximum absolute atomic E-state index is 11.0. The Morgan fingerprint density at radius 3 is 2.95 bits per heavy atom. The van der Waals surface area contributed by atoms with Crippen LogP contribution in [-0.4, -0.2) is 25.0 Å². The van der Waals surface area contributed by atoms with Crippen LogP contribution in [0.2, 0.25) is 5.02 Å². The highest BCUT2D eigenvalue weighted by Crippen LogP contribution is 2.27. The van der Waals surface area contributed by atoms with Gasteiger partial charge < -0.3 is 5.11 Å². The Morgan fingerprint density at radius 2 is 2.30 bits per heavy atom. The molecule has 20 heavy (non-hydrogen) atoms. The van der Waals surface area contributed by atoms with Gasteiger partial charge in [0.2, 0.25) is 0 Å². The van der Waals surface area contributed by atoms with E-state index >= 15 is 0 Å². The Balaban J connectivity index is 2.30. The standard InChI is InChI=1S/C12H13ClN4O3/c1-2-12(18)10-7-16(15-14-10)6-8-9(13)4-3-5-11(8)17(19)20/h3-5,7,12,18H,2,6H2,1H3. The summed E-state index contributed by atoms with van der Waals surface area (Å²) >= 11 is 6.00. The summed E-state index contributed by atoms with van der Waals surface area (Å²) < 4.78 is 1.42. The fourth-order valence-corrected chi connectivity index (χ4v) is 2.02. The molecule has 0 saturated heterocycles. The van der Waals surface area contributed by atoms with Crippen molar-refractivity contribution < 1.29 is 10.0 Å². The van der Waals surface area contributed by atoms with Crippen molar-refractivity contribution in [2.75, 3.05) is 0 Å². The number of aliphatic hydroxyl groups excluding tert-OH is 1. The van der Waals surface area contributed by atoms with E-state index in [1.807, 2.05) is 6.92 Å². The van der Waals surface area contributed by atoms with E-state index in [-0.39, 0.29) is 12.2 Å². The van der Waals surface area contributed by atoms with Crippen LogP contribution in [0.1, 0.15) is 30.7 Å². The van der Waals surface area contributed by atoms with Crippen molar-refractivity contribution >= 4 is 17.3 Å². The summed E-state index contributed by atoms with van der Waals surface area (Å²) in [6.07, 6.45) is 1.39. The number of halogens is 1. The molecule has 0 aliphatic carbocycles. The monoisotopic (exact) mass is 296 g/mol. The van der Waals surface area contributed by atoms with Crippen LogP contribution in [0.3, 0.4) is 0 Å². The summed E-state index contributed by atoms with van der Waals surface area (Å²) in [5.41, 5.74) is 0.731. The number of nitro benzene ring substituents is 1. The van der Waals surface area contributed by atoms with E-state index in [0.29, 0.717) is 22.7 Å². The van der Waals surface area contributed by atoms with Gasteiger partial charge in [0.15, 0.2) is 0 Å². The Bertz CT molecular complexity index is 629. The average Bonchev–Trinajstić information content (AvgIpc) is 2.88. The van der Waals surface area contributed by atoms with E-state index in [0.717, 1.165) is 0 Å². The van der Waals surface area contributed by atoms with E-state index in [1.54, 1.807) is 12.3 Å². The summed E-state index contributed by atoms with van der Waals surface area (Å²) in [5.74, 6) is 0. The Labute approximate surface area is 119 Å². The molecule has 106 valence electrons. The maximum Gasteiger partial charge on any atom is 0.275 e. The van der Waals surface area contributed by atoms with E-state index < -0.39 is 11.0 Å². The predicted octanol–water partition coefficient (Wildman–Crippen LogP) is 2.33. The van der Waals surface area contributed by atoms with Crippen LogP contribution in [-0.2, 0) is 6.54 Å². The zero-order valence-corrected chi connectivity index (χ0v) is 11.5. The Morgan fingerprint density at radius 1 is 1.55 bits per heavy atom. The van der Waals surface area contributed by atoms with Crippen LogP contribution in [0.15, 0.2) is 24.4 Å². The first-order valence-corrected chi connectivity index (χ1v) is 6.40. The molecule has 1 N–H and O–H groups in total. The molecule has 8 heteroatoms. The fraction of sp³-hybridized carbons (Fsp3) is 0.333. The second-order valence-electron chi connectivity index (χ2n) is 4.26. The molecule has 2 rings (SSSR count). The van der Waals surface area contributed by atoms with Gasteiger partial charge in [-0.05, 0) is 12.5 Å². The summed E-state index contributed by atoms with van der Waals surface area (Å²) in [5, 5.41) is 28.6. The first kappa shape index (κ1) is 14.4. The highest BCUT2D eigenvalue weighted by molar-refractivity contribution is 6.31. The van der Waals surface area contributed by atoms with Crippen molar-refractivity contribution in [3.05, 3.63) is 50.8 Å². The Kier molecular flexibility index (Phi) is 4.31. The van der Waals surface area contributed by atoms with E-state index in [1.165, 1.54) is 16.8 Å². The van der Waals surface area contributed by atoms with Gasteiger partial charge in [-0.3, -0.25) is 10.1 Å². The molecule has 1 atom stereocenters. The minimum atomic E-state index is -0.690. The largest absolute Gasteiger partial charge is 0.387 e. The summed E-state index contributed by atoms with van der Waals surface area (Å²) in [6, 6.07) is 4.50. The molecule has 1 aromatic heterocycles. The first-order valence-electron chi connectivity index (χ1n) is 6.02. The van der Waals surface area contributed by atoms with Crippen molar-refractivity contribution in [3.63, 3.8) is 0 Å². The lowest BCUT2D eigenvalue weighted by molar-refractivity contribution is -0.385. The molecule has 1 aromatic carbocycles. The van der Waals surface area contributed by atoms with Crippen molar-refractivity contribution in [2.45, 2.75) is 26.0 Å². The van der Waals surface area contributed by atoms with Gasteiger partial charge in [0.25, 0.3) is 5.69 Å². The number of nitrogens with zero attached hydrogens (tertiary/aromatic N) is 4. The zero-order valence-electron chi connectivity index (χ0n) is 10.7. The molecule has 1 unspecified atom stereocenters. The number of rotatable bonds is 5. The highest BCUT2D eigenvalue weighted by atomic mass is 35.5. The molecular formula is C12H13ClN4O3. The molecule has 1 heterocycles. The molecule has 0 aliphatic rings. The lowest BCUT2D eigenvalue weighted by Gasteiger charge is -2.05. The molecule has 0 fully saturated rings. The van der Waals surface area contributed by atoms with Crippen molar-refractivity contribution in [2.24, 2.45) is 0 Å². The third-order valence-corrected chi connectivity index (χ3v) is 3.25. The molecule has 0 radical (unpaired) electrons. The zero-order chi connectivity index (χ0) is 14.7. The normalized spacial score (nSPS) is 12.3. The van der Waals surface area contributed by atoms with Crippen LogP contribution < -0.4 is 0 Å². The second-order valence-corrected chi connectivity index (χ2v) is 4.67. The van der Waals surface area contributed by atoms with Gasteiger partial charge in [-0.15, -0.1) is 5.10 Å². The van der Waals surface area contributed by atoms with Crippen LogP contribution in [0.5, 0.6) is 0 Å². The molecule has 2 aromatic rings. The van der Waals surface area contributed by atoms with E-state index in [9.17, 15) is 15.2 Å². The van der Waals surface area contributed by atoms with Crippen molar-refractivity contribution in [3.8, 4) is 0 Å². The minimum Gasteiger partial charge on any atom is -0.387 e. The average molecular weight is 297 g/mol. The molecular weight excluding hydrogens is 284 g/mol. The van der Waals surface area contributed by atoms with Crippen molar-refractivity contribution in [1.82, 2.24) is 15.0 Å². The second kappa shape index (κ2) is 5.98. The number of benzene rings is 1.